The number of nitrogens with zero attached hydrogens (tertiary/aromatic N) is 2. The van der Waals surface area contributed by atoms with Crippen molar-refractivity contribution in [3.8, 4) is 0 Å². The number of Topliss-reactive ketones (excluding diaryl/α,β-unsaturated/α-hetero) is 1. The zero-order valence-corrected chi connectivity index (χ0v) is 13.9. The van der Waals surface area contributed by atoms with E-state index in [1.54, 1.807) is 12.6 Å². The number of hydrogen-bond acceptors (Lipinski definition) is 3. The number of fused-ring (bicyclic) bond motifs is 1. The van der Waals surface area contributed by atoms with Crippen LogP contribution in [0.5, 0.6) is 0 Å². The summed E-state index contributed by atoms with van der Waals surface area (Å²) in [6.07, 6.45) is 4.84. The van der Waals surface area contributed by atoms with Crippen LogP contribution >= 0.6 is 0 Å². The Kier molecular flexibility index (Phi) is 3.77. The maximum absolute atomic E-state index is 12.4. The molecule has 0 saturated carbocycles. The molecular formula is C17H20N2O2S. The van der Waals surface area contributed by atoms with Crippen LogP contribution in [0.15, 0.2) is 35.5 Å². The Balaban J connectivity index is 1.87. The van der Waals surface area contributed by atoms with E-state index in [0.717, 1.165) is 28.3 Å². The summed E-state index contributed by atoms with van der Waals surface area (Å²) in [5, 5.41) is 0. The van der Waals surface area contributed by atoms with E-state index >= 15 is 0 Å². The van der Waals surface area contributed by atoms with E-state index in [1.165, 1.54) is 0 Å². The first-order valence-corrected chi connectivity index (χ1v) is 8.91. The normalized spacial score (nSPS) is 18.0. The summed E-state index contributed by atoms with van der Waals surface area (Å²) in [5.41, 5.74) is 2.73. The molecule has 1 heterocycles. The Hall–Kier alpha value is -1.75. The number of ketones is 1. The number of rotatable bonds is 3. The highest BCUT2D eigenvalue weighted by Crippen LogP contribution is 2.34. The van der Waals surface area contributed by atoms with Gasteiger partial charge in [-0.2, -0.15) is 0 Å². The Morgan fingerprint density at radius 2 is 1.91 bits per heavy atom. The molecule has 0 N–H and O–H groups in total. The van der Waals surface area contributed by atoms with Crippen LogP contribution in [-0.4, -0.2) is 25.8 Å². The minimum Gasteiger partial charge on any atom is -0.323 e. The first-order chi connectivity index (χ1) is 10.4. The number of imidazole rings is 1. The summed E-state index contributed by atoms with van der Waals surface area (Å²) in [7, 11) is -0.966. The minimum absolute atomic E-state index is 0.00386. The van der Waals surface area contributed by atoms with Gasteiger partial charge in [-0.25, -0.2) is 4.98 Å². The SMILES string of the molecule is CS(=O)c1ccc(Cn2cnc3c2C(=O)CC(C)(C)C3)cc1. The summed E-state index contributed by atoms with van der Waals surface area (Å²) >= 11 is 0. The van der Waals surface area contributed by atoms with Gasteiger partial charge in [0.2, 0.25) is 0 Å². The fourth-order valence-corrected chi connectivity index (χ4v) is 3.53. The zero-order chi connectivity index (χ0) is 15.9. The molecule has 0 spiro atoms. The van der Waals surface area contributed by atoms with Crippen LogP contribution < -0.4 is 0 Å². The van der Waals surface area contributed by atoms with Crippen molar-refractivity contribution in [2.45, 2.75) is 38.1 Å². The van der Waals surface area contributed by atoms with Gasteiger partial charge < -0.3 is 4.57 Å². The Morgan fingerprint density at radius 3 is 2.55 bits per heavy atom. The van der Waals surface area contributed by atoms with Gasteiger partial charge in [0.05, 0.1) is 12.0 Å². The third-order valence-electron chi connectivity index (χ3n) is 4.07. The molecule has 0 aliphatic heterocycles. The quantitative estimate of drug-likeness (QED) is 0.875. The fourth-order valence-electron chi connectivity index (χ4n) is 3.01. The van der Waals surface area contributed by atoms with E-state index in [9.17, 15) is 9.00 Å². The first kappa shape index (κ1) is 15.2. The molecule has 22 heavy (non-hydrogen) atoms. The molecule has 0 bridgehead atoms. The Labute approximate surface area is 133 Å². The summed E-state index contributed by atoms with van der Waals surface area (Å²) in [6.45, 7) is 4.83. The molecule has 1 atom stereocenters. The van der Waals surface area contributed by atoms with Gasteiger partial charge in [0.25, 0.3) is 0 Å². The molecule has 1 aromatic heterocycles. The molecule has 4 nitrogen and oxygen atoms in total. The van der Waals surface area contributed by atoms with Gasteiger partial charge in [0.15, 0.2) is 5.78 Å². The van der Waals surface area contributed by atoms with Crippen molar-refractivity contribution >= 4 is 16.6 Å². The molecule has 5 heteroatoms. The van der Waals surface area contributed by atoms with E-state index in [2.05, 4.69) is 18.8 Å². The van der Waals surface area contributed by atoms with Crippen molar-refractivity contribution in [3.63, 3.8) is 0 Å². The van der Waals surface area contributed by atoms with Gasteiger partial charge in [-0.3, -0.25) is 9.00 Å². The largest absolute Gasteiger partial charge is 0.323 e. The summed E-state index contributed by atoms with van der Waals surface area (Å²) in [5.74, 6) is 0.176. The van der Waals surface area contributed by atoms with Crippen molar-refractivity contribution in [2.75, 3.05) is 6.26 Å². The van der Waals surface area contributed by atoms with Crippen LogP contribution in [0.25, 0.3) is 0 Å². The van der Waals surface area contributed by atoms with Crippen LogP contribution in [0, 0.1) is 5.41 Å². The summed E-state index contributed by atoms with van der Waals surface area (Å²) in [4.78, 5) is 17.7. The number of hydrogen-bond donors (Lipinski definition) is 0. The number of aromatic nitrogens is 2. The van der Waals surface area contributed by atoms with Gasteiger partial charge in [0, 0.05) is 34.9 Å². The maximum Gasteiger partial charge on any atom is 0.181 e. The summed E-state index contributed by atoms with van der Waals surface area (Å²) < 4.78 is 13.4. The standard InChI is InChI=1S/C17H20N2O2S/c1-17(2)8-14-16(15(20)9-17)19(11-18-14)10-12-4-6-13(7-5-12)22(3)21/h4-7,11H,8-10H2,1-3H3. The molecular weight excluding hydrogens is 296 g/mol. The highest BCUT2D eigenvalue weighted by Gasteiger charge is 2.34. The molecule has 0 fully saturated rings. The molecule has 116 valence electrons. The molecule has 1 aliphatic carbocycles. The molecule has 2 aromatic rings. The van der Waals surface area contributed by atoms with Crippen LogP contribution in [-0.2, 0) is 23.8 Å². The number of carbonyl (C=O) groups excluding carboxylic acids is 1. The highest BCUT2D eigenvalue weighted by molar-refractivity contribution is 7.84. The molecule has 1 unspecified atom stereocenters. The van der Waals surface area contributed by atoms with Crippen molar-refractivity contribution in [3.05, 3.63) is 47.5 Å². The molecule has 1 aliphatic rings. The minimum atomic E-state index is -0.966. The fraction of sp³-hybridized carbons (Fsp3) is 0.412. The topological polar surface area (TPSA) is 52.0 Å². The molecule has 0 saturated heterocycles. The second-order valence-electron chi connectivity index (χ2n) is 6.71. The zero-order valence-electron chi connectivity index (χ0n) is 13.1. The average Bonchev–Trinajstić information content (AvgIpc) is 2.80. The van der Waals surface area contributed by atoms with E-state index in [0.29, 0.717) is 13.0 Å². The van der Waals surface area contributed by atoms with Crippen LogP contribution in [0.4, 0.5) is 0 Å². The van der Waals surface area contributed by atoms with Gasteiger partial charge in [0.1, 0.15) is 5.69 Å². The Morgan fingerprint density at radius 1 is 1.23 bits per heavy atom. The van der Waals surface area contributed by atoms with E-state index in [-0.39, 0.29) is 11.2 Å². The number of benzene rings is 1. The predicted molar refractivity (Wildman–Crippen MR) is 86.5 cm³/mol. The predicted octanol–water partition coefficient (Wildman–Crippen LogP) is 2.82. The van der Waals surface area contributed by atoms with Crippen molar-refractivity contribution < 1.29 is 9.00 Å². The first-order valence-electron chi connectivity index (χ1n) is 7.35. The Bertz CT molecular complexity index is 745. The molecule has 1 aromatic carbocycles. The lowest BCUT2D eigenvalue weighted by atomic mass is 9.77. The van der Waals surface area contributed by atoms with Crippen molar-refractivity contribution in [2.24, 2.45) is 5.41 Å². The maximum atomic E-state index is 12.4. The third-order valence-corrected chi connectivity index (χ3v) is 5.01. The lowest BCUT2D eigenvalue weighted by Gasteiger charge is -2.28. The molecule has 0 radical (unpaired) electrons. The van der Waals surface area contributed by atoms with Crippen LogP contribution in [0.1, 0.15) is 42.0 Å². The molecule has 3 rings (SSSR count). The monoisotopic (exact) mass is 316 g/mol. The average molecular weight is 316 g/mol. The highest BCUT2D eigenvalue weighted by atomic mass is 32.2. The summed E-state index contributed by atoms with van der Waals surface area (Å²) in [6, 6.07) is 7.67. The lowest BCUT2D eigenvalue weighted by Crippen LogP contribution is -2.28. The van der Waals surface area contributed by atoms with Gasteiger partial charge in [-0.05, 0) is 29.5 Å². The third kappa shape index (κ3) is 2.90. The smallest absolute Gasteiger partial charge is 0.181 e. The molecule has 0 amide bonds. The van der Waals surface area contributed by atoms with Crippen molar-refractivity contribution in [1.82, 2.24) is 9.55 Å². The number of carbonyl (C=O) groups is 1. The van der Waals surface area contributed by atoms with E-state index in [1.807, 2.05) is 28.8 Å². The second kappa shape index (κ2) is 5.47. The second-order valence-corrected chi connectivity index (χ2v) is 8.09. The van der Waals surface area contributed by atoms with E-state index < -0.39 is 10.8 Å². The van der Waals surface area contributed by atoms with Gasteiger partial charge in [-0.15, -0.1) is 0 Å². The van der Waals surface area contributed by atoms with Crippen molar-refractivity contribution in [1.29, 1.82) is 0 Å². The lowest BCUT2D eigenvalue weighted by molar-refractivity contribution is 0.0901. The van der Waals surface area contributed by atoms with Crippen LogP contribution in [0.3, 0.4) is 0 Å². The van der Waals surface area contributed by atoms with Crippen LogP contribution in [0.2, 0.25) is 0 Å². The van der Waals surface area contributed by atoms with Gasteiger partial charge in [-0.1, -0.05) is 26.0 Å². The van der Waals surface area contributed by atoms with Gasteiger partial charge >= 0.3 is 0 Å². The van der Waals surface area contributed by atoms with E-state index in [4.69, 9.17) is 0 Å².